The van der Waals surface area contributed by atoms with Crippen molar-refractivity contribution in [3.8, 4) is 33.6 Å². The number of hydrogen-bond acceptors (Lipinski definition) is 8. The molecule has 8 rings (SSSR count). The van der Waals surface area contributed by atoms with Crippen LogP contribution in [0.3, 0.4) is 0 Å². The van der Waals surface area contributed by atoms with E-state index in [0.29, 0.717) is 22.9 Å². The first kappa shape index (κ1) is 34.8. The Morgan fingerprint density at radius 2 is 1.06 bits per heavy atom. The molecular formula is C40H44Cl2N8O2. The molecule has 52 heavy (non-hydrogen) atoms. The van der Waals surface area contributed by atoms with E-state index in [-0.39, 0.29) is 36.0 Å². The molecule has 2 saturated heterocycles. The summed E-state index contributed by atoms with van der Waals surface area (Å²) in [5.74, 6) is 2.13. The molecular weight excluding hydrogens is 695 g/mol. The summed E-state index contributed by atoms with van der Waals surface area (Å²) in [6.07, 6.45) is 4.86. The number of rotatable bonds is 9. The number of aromatic nitrogens is 2. The van der Waals surface area contributed by atoms with Gasteiger partial charge in [0.1, 0.15) is 11.6 Å². The summed E-state index contributed by atoms with van der Waals surface area (Å²) in [4.78, 5) is 38.1. The van der Waals surface area contributed by atoms with Crippen molar-refractivity contribution in [2.75, 3.05) is 50.1 Å². The van der Waals surface area contributed by atoms with Gasteiger partial charge in [0.2, 0.25) is 11.8 Å². The van der Waals surface area contributed by atoms with E-state index in [1.165, 1.54) is 0 Å². The number of amides is 2. The summed E-state index contributed by atoms with van der Waals surface area (Å²) in [6, 6.07) is 21.1. The lowest BCUT2D eigenvalue weighted by Crippen LogP contribution is -2.40. The van der Waals surface area contributed by atoms with Crippen LogP contribution in [0.15, 0.2) is 60.7 Å². The van der Waals surface area contributed by atoms with E-state index in [2.05, 4.69) is 57.3 Å². The van der Waals surface area contributed by atoms with Crippen LogP contribution in [-0.4, -0.2) is 74.1 Å². The highest BCUT2D eigenvalue weighted by Gasteiger charge is 2.30. The molecule has 2 fully saturated rings. The lowest BCUT2D eigenvalue weighted by molar-refractivity contribution is -0.120. The number of hydrogen-bond donors (Lipinski definition) is 4. The maximum atomic E-state index is 11.7. The molecule has 270 valence electrons. The van der Waals surface area contributed by atoms with Crippen molar-refractivity contribution in [2.45, 2.75) is 62.7 Å². The van der Waals surface area contributed by atoms with E-state index in [9.17, 15) is 9.59 Å². The Morgan fingerprint density at radius 1 is 0.635 bits per heavy atom. The monoisotopic (exact) mass is 738 g/mol. The molecule has 2 aromatic carbocycles. The van der Waals surface area contributed by atoms with Gasteiger partial charge >= 0.3 is 0 Å². The fourth-order valence-corrected chi connectivity index (χ4v) is 8.72. The van der Waals surface area contributed by atoms with Crippen LogP contribution in [0.5, 0.6) is 0 Å². The highest BCUT2D eigenvalue weighted by atomic mass is 35.5. The molecule has 0 unspecified atom stereocenters. The molecule has 0 radical (unpaired) electrons. The molecule has 4 aliphatic heterocycles. The SMILES string of the molecule is CN1CC[C@@H](NC[C@@H]2CCC(=O)N2)c2ccc(-c3cccc(-c4cccc(-c5ccc6c(n5)N(C)CC[C@H]6NC[C@@H]5CCC(=O)N5)c4Cl)c3Cl)nc21. The average Bonchev–Trinajstić information content (AvgIpc) is 3.78. The van der Waals surface area contributed by atoms with Gasteiger partial charge in [-0.3, -0.25) is 9.59 Å². The zero-order valence-corrected chi connectivity index (χ0v) is 31.0. The van der Waals surface area contributed by atoms with Crippen molar-refractivity contribution in [3.05, 3.63) is 81.8 Å². The van der Waals surface area contributed by atoms with Gasteiger partial charge in [-0.1, -0.05) is 71.7 Å². The van der Waals surface area contributed by atoms with Crippen LogP contribution in [0.4, 0.5) is 11.6 Å². The van der Waals surface area contributed by atoms with Crippen LogP contribution in [0, 0.1) is 0 Å². The molecule has 12 heteroatoms. The summed E-state index contributed by atoms with van der Waals surface area (Å²) in [5.41, 5.74) is 7.23. The second-order valence-electron chi connectivity index (χ2n) is 14.5. The van der Waals surface area contributed by atoms with Crippen LogP contribution in [-0.2, 0) is 9.59 Å². The molecule has 2 aromatic heterocycles. The van der Waals surface area contributed by atoms with Crippen LogP contribution in [0.1, 0.15) is 61.7 Å². The van der Waals surface area contributed by atoms with Gasteiger partial charge < -0.3 is 31.1 Å². The molecule has 0 aliphatic carbocycles. The third-order valence-electron chi connectivity index (χ3n) is 11.0. The smallest absolute Gasteiger partial charge is 0.220 e. The topological polar surface area (TPSA) is 115 Å². The number of anilines is 2. The Bertz CT molecular complexity index is 1880. The third-order valence-corrected chi connectivity index (χ3v) is 11.8. The van der Waals surface area contributed by atoms with Crippen LogP contribution in [0.25, 0.3) is 33.6 Å². The highest BCUT2D eigenvalue weighted by molar-refractivity contribution is 6.39. The second kappa shape index (κ2) is 14.7. The summed E-state index contributed by atoms with van der Waals surface area (Å²) in [7, 11) is 4.15. The maximum Gasteiger partial charge on any atom is 0.220 e. The molecule has 2 amide bonds. The number of nitrogens with one attached hydrogen (secondary N) is 4. The van der Waals surface area contributed by atoms with E-state index >= 15 is 0 Å². The number of benzene rings is 2. The van der Waals surface area contributed by atoms with E-state index in [0.717, 1.165) is 108 Å². The van der Waals surface area contributed by atoms with Crippen molar-refractivity contribution in [1.29, 1.82) is 0 Å². The van der Waals surface area contributed by atoms with E-state index in [4.69, 9.17) is 33.2 Å². The number of halogens is 2. The van der Waals surface area contributed by atoms with Crippen molar-refractivity contribution in [1.82, 2.24) is 31.2 Å². The summed E-state index contributed by atoms with van der Waals surface area (Å²) >= 11 is 14.5. The second-order valence-corrected chi connectivity index (χ2v) is 15.3. The molecule has 10 nitrogen and oxygen atoms in total. The van der Waals surface area contributed by atoms with Gasteiger partial charge in [0.25, 0.3) is 0 Å². The Morgan fingerprint density at radius 3 is 1.46 bits per heavy atom. The Kier molecular flexibility index (Phi) is 9.82. The fourth-order valence-electron chi connectivity index (χ4n) is 8.07. The van der Waals surface area contributed by atoms with Gasteiger partial charge in [0.15, 0.2) is 0 Å². The minimum absolute atomic E-state index is 0.132. The van der Waals surface area contributed by atoms with Crippen LogP contribution < -0.4 is 31.1 Å². The fraction of sp³-hybridized carbons (Fsp3) is 0.400. The number of fused-ring (bicyclic) bond motifs is 2. The molecule has 0 bridgehead atoms. The average molecular weight is 740 g/mol. The summed E-state index contributed by atoms with van der Waals surface area (Å²) in [5, 5.41) is 14.7. The third kappa shape index (κ3) is 6.85. The largest absolute Gasteiger partial charge is 0.359 e. The Labute approximate surface area is 314 Å². The van der Waals surface area contributed by atoms with E-state index < -0.39 is 0 Å². The first-order chi connectivity index (χ1) is 25.2. The number of nitrogens with zero attached hydrogens (tertiary/aromatic N) is 4. The molecule has 0 spiro atoms. The van der Waals surface area contributed by atoms with Gasteiger partial charge in [-0.25, -0.2) is 9.97 Å². The molecule has 4 N–H and O–H groups in total. The predicted octanol–water partition coefficient (Wildman–Crippen LogP) is 6.28. The molecule has 4 aromatic rings. The Balaban J connectivity index is 1.05. The highest BCUT2D eigenvalue weighted by Crippen LogP contribution is 2.44. The van der Waals surface area contributed by atoms with Crippen molar-refractivity contribution in [2.24, 2.45) is 0 Å². The lowest BCUT2D eigenvalue weighted by atomic mass is 9.95. The zero-order chi connectivity index (χ0) is 35.9. The van der Waals surface area contributed by atoms with E-state index in [1.54, 1.807) is 0 Å². The first-order valence-electron chi connectivity index (χ1n) is 18.3. The number of carbonyl (C=O) groups is 2. The predicted molar refractivity (Wildman–Crippen MR) is 208 cm³/mol. The van der Waals surface area contributed by atoms with Crippen LogP contribution in [0.2, 0.25) is 10.0 Å². The zero-order valence-electron chi connectivity index (χ0n) is 29.5. The van der Waals surface area contributed by atoms with Gasteiger partial charge in [0, 0.05) is 111 Å². The standard InChI is InChI=1S/C40H44Cl2N8O2/c1-49-19-17-31(43-21-23-9-15-35(51)45-23)29-11-13-33(47-39(29)49)27-7-3-5-25(37(27)41)26-6-4-8-28(38(26)42)34-14-12-30-32(18-20-50(2)40(30)48-34)44-22-24-10-16-36(52)46-24/h3-8,11-14,23-24,31-32,43-44H,9-10,15-22H2,1-2H3,(H,45,51)(H,46,52)/t23-,24-,31+,32+/m0/s1. The quantitative estimate of drug-likeness (QED) is 0.159. The minimum Gasteiger partial charge on any atom is -0.359 e. The molecule has 0 saturated carbocycles. The first-order valence-corrected chi connectivity index (χ1v) is 19.1. The lowest BCUT2D eigenvalue weighted by Gasteiger charge is -2.33. The minimum atomic E-state index is 0.132. The van der Waals surface area contributed by atoms with Crippen molar-refractivity contribution < 1.29 is 9.59 Å². The van der Waals surface area contributed by atoms with Crippen molar-refractivity contribution >= 4 is 46.7 Å². The summed E-state index contributed by atoms with van der Waals surface area (Å²) < 4.78 is 0. The molecule has 4 aliphatic rings. The Hall–Kier alpha value is -4.22. The van der Waals surface area contributed by atoms with Gasteiger partial charge in [-0.2, -0.15) is 0 Å². The van der Waals surface area contributed by atoms with Gasteiger partial charge in [-0.05, 0) is 37.8 Å². The number of pyridine rings is 2. The van der Waals surface area contributed by atoms with Gasteiger partial charge in [-0.15, -0.1) is 0 Å². The normalized spacial score (nSPS) is 22.6. The molecule has 4 atom stereocenters. The molecule has 6 heterocycles. The number of carbonyl (C=O) groups excluding carboxylic acids is 2. The van der Waals surface area contributed by atoms with Crippen LogP contribution >= 0.6 is 23.2 Å². The van der Waals surface area contributed by atoms with E-state index in [1.807, 2.05) is 48.5 Å². The van der Waals surface area contributed by atoms with Crippen molar-refractivity contribution in [3.63, 3.8) is 0 Å². The maximum absolute atomic E-state index is 11.7. The van der Waals surface area contributed by atoms with Gasteiger partial charge in [0.05, 0.1) is 21.4 Å². The summed E-state index contributed by atoms with van der Waals surface area (Å²) in [6.45, 7) is 3.23.